The maximum Gasteiger partial charge on any atom is 0.410 e. The highest BCUT2D eigenvalue weighted by atomic mass is 16.6. The average Bonchev–Trinajstić information content (AvgIpc) is 3.29. The van der Waals surface area contributed by atoms with Gasteiger partial charge in [-0.3, -0.25) is 4.79 Å². The normalized spacial score (nSPS) is 20.5. The third-order valence-corrected chi connectivity index (χ3v) is 6.02. The molecule has 0 radical (unpaired) electrons. The van der Waals surface area contributed by atoms with E-state index in [1.165, 1.54) is 16.2 Å². The minimum absolute atomic E-state index is 0.0119. The van der Waals surface area contributed by atoms with Gasteiger partial charge in [0.05, 0.1) is 25.5 Å². The third kappa shape index (κ3) is 7.61. The molecule has 190 valence electrons. The lowest BCUT2D eigenvalue weighted by molar-refractivity contribution is -0.127. The van der Waals surface area contributed by atoms with Crippen molar-refractivity contribution in [3.63, 3.8) is 0 Å². The van der Waals surface area contributed by atoms with E-state index in [9.17, 15) is 19.5 Å². The van der Waals surface area contributed by atoms with E-state index in [2.05, 4.69) is 15.6 Å². The smallest absolute Gasteiger partial charge is 0.410 e. The van der Waals surface area contributed by atoms with Crippen LogP contribution in [0.3, 0.4) is 0 Å². The second-order valence-corrected chi connectivity index (χ2v) is 10.1. The number of aromatic nitrogens is 2. The zero-order valence-corrected chi connectivity index (χ0v) is 20.4. The summed E-state index contributed by atoms with van der Waals surface area (Å²) in [5.41, 5.74) is -0.665. The molecule has 2 fully saturated rings. The number of nitrogens with one attached hydrogen (secondary N) is 2. The largest absolute Gasteiger partial charge is 0.444 e. The van der Waals surface area contributed by atoms with Crippen LogP contribution in [-0.2, 0) is 16.1 Å². The molecule has 2 aliphatic rings. The molecular formula is C23H38N6O5. The monoisotopic (exact) mass is 478 g/mol. The molecule has 2 atom stereocenters. The van der Waals surface area contributed by atoms with E-state index in [1.54, 1.807) is 44.1 Å². The number of rotatable bonds is 6. The van der Waals surface area contributed by atoms with Gasteiger partial charge in [-0.05, 0) is 33.6 Å². The number of hydrogen-bond donors (Lipinski definition) is 3. The van der Waals surface area contributed by atoms with Gasteiger partial charge in [0, 0.05) is 38.1 Å². The minimum Gasteiger partial charge on any atom is -0.444 e. The van der Waals surface area contributed by atoms with Gasteiger partial charge in [0.25, 0.3) is 0 Å². The Kier molecular flexibility index (Phi) is 8.76. The summed E-state index contributed by atoms with van der Waals surface area (Å²) in [4.78, 5) is 45.7. The molecule has 3 rings (SSSR count). The number of imidazole rings is 1. The summed E-state index contributed by atoms with van der Waals surface area (Å²) in [5, 5.41) is 16.1. The summed E-state index contributed by atoms with van der Waals surface area (Å²) in [6.45, 7) is 6.16. The quantitative estimate of drug-likeness (QED) is 0.566. The maximum atomic E-state index is 13.1. The van der Waals surface area contributed by atoms with Crippen LogP contribution in [0, 0.1) is 0 Å². The van der Waals surface area contributed by atoms with Crippen molar-refractivity contribution in [1.82, 2.24) is 30.0 Å². The maximum absolute atomic E-state index is 13.1. The van der Waals surface area contributed by atoms with Crippen LogP contribution in [0.2, 0.25) is 0 Å². The predicted octanol–water partition coefficient (Wildman–Crippen LogP) is 1.32. The first-order chi connectivity index (χ1) is 16.1. The van der Waals surface area contributed by atoms with Crippen LogP contribution in [-0.4, -0.2) is 92.5 Å². The van der Waals surface area contributed by atoms with Crippen LogP contribution < -0.4 is 10.6 Å². The molecule has 3 N–H and O–H groups in total. The van der Waals surface area contributed by atoms with Gasteiger partial charge in [-0.25, -0.2) is 14.6 Å². The summed E-state index contributed by atoms with van der Waals surface area (Å²) < 4.78 is 7.18. The van der Waals surface area contributed by atoms with Crippen LogP contribution in [0.1, 0.15) is 52.9 Å². The molecule has 0 bridgehead atoms. The number of aliphatic hydroxyl groups is 1. The Labute approximate surface area is 200 Å². The molecule has 0 aromatic carbocycles. The molecule has 11 heteroatoms. The van der Waals surface area contributed by atoms with Crippen LogP contribution in [0.5, 0.6) is 0 Å². The molecule has 2 unspecified atom stereocenters. The number of piperazine rings is 1. The van der Waals surface area contributed by atoms with Gasteiger partial charge in [0.2, 0.25) is 5.91 Å². The fourth-order valence-corrected chi connectivity index (χ4v) is 4.29. The fourth-order valence-electron chi connectivity index (χ4n) is 4.29. The molecule has 1 aromatic rings. The standard InChI is InChI=1S/C23H38N6O5/c1-23(2,3)34-22(33)28-11-12-29(21(32)26-17-7-5-4-6-8-17)19(15-28)20(31)25-13-18(30)14-27-10-9-24-16-27/h9-10,16-19,30H,4-8,11-15H2,1-3H3,(H,25,31)(H,26,32). The molecule has 11 nitrogen and oxygen atoms in total. The van der Waals surface area contributed by atoms with E-state index in [4.69, 9.17) is 4.74 Å². The third-order valence-electron chi connectivity index (χ3n) is 6.02. The second-order valence-electron chi connectivity index (χ2n) is 10.1. The number of carbonyl (C=O) groups is 3. The van der Waals surface area contributed by atoms with E-state index in [-0.39, 0.29) is 44.8 Å². The molecule has 0 spiro atoms. The molecule has 4 amide bonds. The highest BCUT2D eigenvalue weighted by Gasteiger charge is 2.39. The lowest BCUT2D eigenvalue weighted by atomic mass is 9.95. The number of ether oxygens (including phenoxy) is 1. The molecule has 1 aromatic heterocycles. The molecular weight excluding hydrogens is 440 g/mol. The van der Waals surface area contributed by atoms with Gasteiger partial charge in [0.1, 0.15) is 11.6 Å². The number of urea groups is 1. The van der Waals surface area contributed by atoms with E-state index in [0.717, 1.165) is 25.7 Å². The van der Waals surface area contributed by atoms with Crippen LogP contribution in [0.25, 0.3) is 0 Å². The second kappa shape index (κ2) is 11.5. The van der Waals surface area contributed by atoms with Crippen molar-refractivity contribution in [2.45, 2.75) is 83.2 Å². The fraction of sp³-hybridized carbons (Fsp3) is 0.739. The Bertz CT molecular complexity index is 818. The van der Waals surface area contributed by atoms with Crippen molar-refractivity contribution in [3.05, 3.63) is 18.7 Å². The zero-order chi connectivity index (χ0) is 24.7. The molecule has 2 heterocycles. The summed E-state index contributed by atoms with van der Waals surface area (Å²) in [7, 11) is 0. The summed E-state index contributed by atoms with van der Waals surface area (Å²) in [6.07, 6.45) is 8.78. The van der Waals surface area contributed by atoms with Gasteiger partial charge in [-0.15, -0.1) is 0 Å². The van der Waals surface area contributed by atoms with Gasteiger partial charge < -0.3 is 34.8 Å². The Morgan fingerprint density at radius 3 is 2.56 bits per heavy atom. The molecule has 1 saturated heterocycles. The van der Waals surface area contributed by atoms with Crippen LogP contribution in [0.15, 0.2) is 18.7 Å². The number of hydrogen-bond acceptors (Lipinski definition) is 6. The summed E-state index contributed by atoms with van der Waals surface area (Å²) >= 11 is 0. The SMILES string of the molecule is CC(C)(C)OC(=O)N1CCN(C(=O)NC2CCCCC2)C(C(=O)NCC(O)Cn2ccnc2)C1. The van der Waals surface area contributed by atoms with Crippen molar-refractivity contribution >= 4 is 18.0 Å². The van der Waals surface area contributed by atoms with Crippen molar-refractivity contribution in [3.8, 4) is 0 Å². The van der Waals surface area contributed by atoms with E-state index in [0.29, 0.717) is 0 Å². The topological polar surface area (TPSA) is 129 Å². The van der Waals surface area contributed by atoms with Crippen LogP contribution in [0.4, 0.5) is 9.59 Å². The lowest BCUT2D eigenvalue weighted by Gasteiger charge is -2.41. The van der Waals surface area contributed by atoms with Gasteiger partial charge >= 0.3 is 12.1 Å². The number of amides is 4. The predicted molar refractivity (Wildman–Crippen MR) is 125 cm³/mol. The highest BCUT2D eigenvalue weighted by Crippen LogP contribution is 2.19. The lowest BCUT2D eigenvalue weighted by Crippen LogP contribution is -2.64. The van der Waals surface area contributed by atoms with E-state index < -0.39 is 29.7 Å². The van der Waals surface area contributed by atoms with Gasteiger partial charge in [-0.2, -0.15) is 0 Å². The molecule has 1 aliphatic carbocycles. The first kappa shape index (κ1) is 25.8. The zero-order valence-electron chi connectivity index (χ0n) is 20.4. The number of aliphatic hydroxyl groups excluding tert-OH is 1. The van der Waals surface area contributed by atoms with Crippen molar-refractivity contribution < 1.29 is 24.2 Å². The first-order valence-electron chi connectivity index (χ1n) is 12.1. The van der Waals surface area contributed by atoms with E-state index in [1.807, 2.05) is 0 Å². The first-order valence-corrected chi connectivity index (χ1v) is 12.1. The Morgan fingerprint density at radius 2 is 1.91 bits per heavy atom. The Balaban J connectivity index is 1.64. The highest BCUT2D eigenvalue weighted by molar-refractivity contribution is 5.88. The van der Waals surface area contributed by atoms with Crippen molar-refractivity contribution in [2.75, 3.05) is 26.2 Å². The Morgan fingerprint density at radius 1 is 1.18 bits per heavy atom. The molecule has 1 saturated carbocycles. The number of carbonyl (C=O) groups excluding carboxylic acids is 3. The minimum atomic E-state index is -0.884. The van der Waals surface area contributed by atoms with Gasteiger partial charge in [0.15, 0.2) is 0 Å². The molecule has 1 aliphatic heterocycles. The average molecular weight is 479 g/mol. The summed E-state index contributed by atoms with van der Waals surface area (Å²) in [5.74, 6) is -0.420. The van der Waals surface area contributed by atoms with Crippen molar-refractivity contribution in [2.24, 2.45) is 0 Å². The van der Waals surface area contributed by atoms with Crippen LogP contribution >= 0.6 is 0 Å². The van der Waals surface area contributed by atoms with E-state index >= 15 is 0 Å². The molecule has 34 heavy (non-hydrogen) atoms. The van der Waals surface area contributed by atoms with Crippen molar-refractivity contribution in [1.29, 1.82) is 0 Å². The number of nitrogens with zero attached hydrogens (tertiary/aromatic N) is 4. The Hall–Kier alpha value is -2.82. The summed E-state index contributed by atoms with van der Waals surface area (Å²) in [6, 6.07) is -1.08. The van der Waals surface area contributed by atoms with Gasteiger partial charge in [-0.1, -0.05) is 19.3 Å².